The van der Waals surface area contributed by atoms with Crippen molar-refractivity contribution in [3.8, 4) is 11.5 Å². The summed E-state index contributed by atoms with van der Waals surface area (Å²) in [6.45, 7) is 2.14. The molecule has 1 aliphatic rings. The molecule has 0 radical (unpaired) electrons. The Balaban J connectivity index is 2.36. The van der Waals surface area contributed by atoms with Crippen molar-refractivity contribution in [3.05, 3.63) is 23.8 Å². The molecular formula is C12H17NO2. The molecule has 2 rings (SSSR count). The van der Waals surface area contributed by atoms with Gasteiger partial charge in [0.15, 0.2) is 0 Å². The van der Waals surface area contributed by atoms with Crippen LogP contribution in [0.3, 0.4) is 0 Å². The van der Waals surface area contributed by atoms with Gasteiger partial charge in [0.2, 0.25) is 0 Å². The van der Waals surface area contributed by atoms with Crippen molar-refractivity contribution in [1.82, 2.24) is 5.32 Å². The lowest BCUT2D eigenvalue weighted by molar-refractivity contribution is 0.189. The van der Waals surface area contributed by atoms with E-state index < -0.39 is 0 Å². The zero-order valence-corrected chi connectivity index (χ0v) is 9.41. The molecule has 1 aromatic carbocycles. The molecule has 0 fully saturated rings. The van der Waals surface area contributed by atoms with E-state index in [-0.39, 0.29) is 12.1 Å². The number of hydrogen-bond acceptors (Lipinski definition) is 3. The monoisotopic (exact) mass is 207 g/mol. The standard InChI is InChI=1S/C12H17NO2/c1-4-10-12(13-2)9-7-8(14-3)5-6-11(9)15-10/h5-7,10,12-13H,4H2,1-3H3. The van der Waals surface area contributed by atoms with E-state index in [2.05, 4.69) is 12.2 Å². The normalized spacial score (nSPS) is 23.4. The Morgan fingerprint density at radius 2 is 2.27 bits per heavy atom. The van der Waals surface area contributed by atoms with Gasteiger partial charge < -0.3 is 14.8 Å². The smallest absolute Gasteiger partial charge is 0.125 e. The summed E-state index contributed by atoms with van der Waals surface area (Å²) in [5.41, 5.74) is 1.20. The maximum atomic E-state index is 5.84. The third-order valence-corrected chi connectivity index (χ3v) is 2.92. The van der Waals surface area contributed by atoms with Crippen molar-refractivity contribution in [2.75, 3.05) is 14.2 Å². The number of ether oxygens (including phenoxy) is 2. The lowest BCUT2D eigenvalue weighted by atomic mass is 10.0. The average Bonchev–Trinajstić information content (AvgIpc) is 2.65. The summed E-state index contributed by atoms with van der Waals surface area (Å²) in [7, 11) is 3.65. The van der Waals surface area contributed by atoms with E-state index in [4.69, 9.17) is 9.47 Å². The predicted octanol–water partition coefficient (Wildman–Crippen LogP) is 2.13. The SMILES string of the molecule is CCC1Oc2ccc(OC)cc2C1NC. The average molecular weight is 207 g/mol. The van der Waals surface area contributed by atoms with Crippen LogP contribution in [0.25, 0.3) is 0 Å². The molecule has 0 saturated heterocycles. The summed E-state index contributed by atoms with van der Waals surface area (Å²) in [4.78, 5) is 0. The van der Waals surface area contributed by atoms with Crippen molar-refractivity contribution in [2.45, 2.75) is 25.5 Å². The fraction of sp³-hybridized carbons (Fsp3) is 0.500. The summed E-state index contributed by atoms with van der Waals surface area (Å²) >= 11 is 0. The summed E-state index contributed by atoms with van der Waals surface area (Å²) in [5.74, 6) is 1.86. The first kappa shape index (κ1) is 10.3. The van der Waals surface area contributed by atoms with Crippen LogP contribution in [0.1, 0.15) is 24.9 Å². The van der Waals surface area contributed by atoms with E-state index in [1.807, 2.05) is 25.2 Å². The molecule has 2 unspecified atom stereocenters. The van der Waals surface area contributed by atoms with E-state index >= 15 is 0 Å². The first-order chi connectivity index (χ1) is 7.30. The Kier molecular flexibility index (Phi) is 2.82. The molecule has 82 valence electrons. The van der Waals surface area contributed by atoms with Gasteiger partial charge >= 0.3 is 0 Å². The maximum absolute atomic E-state index is 5.84. The van der Waals surface area contributed by atoms with E-state index in [1.165, 1.54) is 5.56 Å². The van der Waals surface area contributed by atoms with Crippen molar-refractivity contribution >= 4 is 0 Å². The fourth-order valence-corrected chi connectivity index (χ4v) is 2.10. The van der Waals surface area contributed by atoms with Crippen molar-refractivity contribution in [1.29, 1.82) is 0 Å². The van der Waals surface area contributed by atoms with Crippen LogP contribution < -0.4 is 14.8 Å². The number of likely N-dealkylation sites (N-methyl/N-ethyl adjacent to an activating group) is 1. The summed E-state index contributed by atoms with van der Waals surface area (Å²) in [6, 6.07) is 6.24. The van der Waals surface area contributed by atoms with Gasteiger partial charge in [-0.15, -0.1) is 0 Å². The van der Waals surface area contributed by atoms with Crippen LogP contribution in [0.4, 0.5) is 0 Å². The molecule has 15 heavy (non-hydrogen) atoms. The molecule has 1 N–H and O–H groups in total. The van der Waals surface area contributed by atoms with Gasteiger partial charge in [-0.25, -0.2) is 0 Å². The fourth-order valence-electron chi connectivity index (χ4n) is 2.10. The number of fused-ring (bicyclic) bond motifs is 1. The molecule has 3 nitrogen and oxygen atoms in total. The molecule has 0 saturated carbocycles. The largest absolute Gasteiger partial charge is 0.497 e. The van der Waals surface area contributed by atoms with Crippen molar-refractivity contribution < 1.29 is 9.47 Å². The minimum Gasteiger partial charge on any atom is -0.497 e. The van der Waals surface area contributed by atoms with Crippen LogP contribution in [0, 0.1) is 0 Å². The molecule has 0 spiro atoms. The van der Waals surface area contributed by atoms with Crippen LogP contribution in [-0.4, -0.2) is 20.3 Å². The van der Waals surface area contributed by atoms with E-state index in [9.17, 15) is 0 Å². The highest BCUT2D eigenvalue weighted by Crippen LogP contribution is 2.39. The summed E-state index contributed by atoms with van der Waals surface area (Å²) in [5, 5.41) is 3.29. The quantitative estimate of drug-likeness (QED) is 0.823. The molecule has 0 bridgehead atoms. The Bertz CT molecular complexity index is 351. The number of nitrogens with one attached hydrogen (secondary N) is 1. The van der Waals surface area contributed by atoms with Gasteiger partial charge in [-0.1, -0.05) is 6.92 Å². The van der Waals surface area contributed by atoms with Crippen LogP contribution in [-0.2, 0) is 0 Å². The van der Waals surface area contributed by atoms with E-state index in [0.717, 1.165) is 17.9 Å². The summed E-state index contributed by atoms with van der Waals surface area (Å²) < 4.78 is 11.1. The number of hydrogen-bond donors (Lipinski definition) is 1. The van der Waals surface area contributed by atoms with E-state index in [1.54, 1.807) is 7.11 Å². The van der Waals surface area contributed by atoms with Gasteiger partial charge in [0.05, 0.1) is 13.2 Å². The second-order valence-electron chi connectivity index (χ2n) is 3.73. The van der Waals surface area contributed by atoms with Crippen LogP contribution in [0.15, 0.2) is 18.2 Å². The lowest BCUT2D eigenvalue weighted by Crippen LogP contribution is -2.27. The van der Waals surface area contributed by atoms with Crippen molar-refractivity contribution in [2.24, 2.45) is 0 Å². The van der Waals surface area contributed by atoms with Gasteiger partial charge in [0.25, 0.3) is 0 Å². The third kappa shape index (κ3) is 1.67. The van der Waals surface area contributed by atoms with Crippen LogP contribution >= 0.6 is 0 Å². The van der Waals surface area contributed by atoms with Gasteiger partial charge in [-0.3, -0.25) is 0 Å². The number of methoxy groups -OCH3 is 1. The minimum absolute atomic E-state index is 0.233. The first-order valence-corrected chi connectivity index (χ1v) is 5.32. The van der Waals surface area contributed by atoms with E-state index in [0.29, 0.717) is 0 Å². The maximum Gasteiger partial charge on any atom is 0.125 e. The molecule has 0 amide bonds. The zero-order chi connectivity index (χ0) is 10.8. The third-order valence-electron chi connectivity index (χ3n) is 2.92. The molecule has 0 aromatic heterocycles. The highest BCUT2D eigenvalue weighted by atomic mass is 16.5. The second kappa shape index (κ2) is 4.11. The highest BCUT2D eigenvalue weighted by Gasteiger charge is 2.32. The topological polar surface area (TPSA) is 30.5 Å². The second-order valence-corrected chi connectivity index (χ2v) is 3.73. The highest BCUT2D eigenvalue weighted by molar-refractivity contribution is 5.45. The first-order valence-electron chi connectivity index (χ1n) is 5.32. The molecule has 0 aliphatic carbocycles. The molecule has 3 heteroatoms. The molecular weight excluding hydrogens is 190 g/mol. The van der Waals surface area contributed by atoms with Gasteiger partial charge in [0.1, 0.15) is 17.6 Å². The van der Waals surface area contributed by atoms with Crippen LogP contribution in [0.5, 0.6) is 11.5 Å². The van der Waals surface area contributed by atoms with Gasteiger partial charge in [-0.05, 0) is 31.7 Å². The predicted molar refractivity (Wildman–Crippen MR) is 59.5 cm³/mol. The molecule has 1 heterocycles. The Morgan fingerprint density at radius 3 is 2.87 bits per heavy atom. The zero-order valence-electron chi connectivity index (χ0n) is 9.41. The summed E-state index contributed by atoms with van der Waals surface area (Å²) in [6.07, 6.45) is 1.24. The number of benzene rings is 1. The molecule has 1 aliphatic heterocycles. The Hall–Kier alpha value is -1.22. The Morgan fingerprint density at radius 1 is 1.47 bits per heavy atom. The lowest BCUT2D eigenvalue weighted by Gasteiger charge is -2.16. The van der Waals surface area contributed by atoms with Gasteiger partial charge in [0, 0.05) is 5.56 Å². The van der Waals surface area contributed by atoms with Crippen molar-refractivity contribution in [3.63, 3.8) is 0 Å². The Labute approximate surface area is 90.4 Å². The molecule has 2 atom stereocenters. The molecule has 1 aromatic rings. The minimum atomic E-state index is 0.233. The van der Waals surface area contributed by atoms with Gasteiger partial charge in [-0.2, -0.15) is 0 Å². The number of rotatable bonds is 3. The van der Waals surface area contributed by atoms with Crippen LogP contribution in [0.2, 0.25) is 0 Å².